The van der Waals surface area contributed by atoms with Crippen molar-refractivity contribution in [2.75, 3.05) is 32.8 Å². The zero-order valence-electron chi connectivity index (χ0n) is 19.6. The molecule has 0 bridgehead atoms. The minimum absolute atomic E-state index is 0.126. The van der Waals surface area contributed by atoms with Crippen molar-refractivity contribution in [2.24, 2.45) is 0 Å². The number of methoxy groups -OCH3 is 2. The first-order chi connectivity index (χ1) is 16.2. The Morgan fingerprint density at radius 3 is 2.41 bits per heavy atom. The molecule has 0 unspecified atom stereocenters. The number of ether oxygens (including phenoxy) is 3. The summed E-state index contributed by atoms with van der Waals surface area (Å²) < 4.78 is 17.1. The van der Waals surface area contributed by atoms with Crippen molar-refractivity contribution < 1.29 is 23.9 Å². The van der Waals surface area contributed by atoms with E-state index in [1.807, 2.05) is 20.8 Å². The second kappa shape index (κ2) is 10.3. The van der Waals surface area contributed by atoms with Crippen LogP contribution in [-0.4, -0.2) is 58.0 Å². The number of anilines is 1. The molecule has 3 rings (SSSR count). The molecular formula is C22H26N6O6. The van der Waals surface area contributed by atoms with Gasteiger partial charge in [0.05, 0.1) is 30.4 Å². The number of rotatable bonds is 9. The highest BCUT2D eigenvalue weighted by atomic mass is 16.6. The van der Waals surface area contributed by atoms with Crippen LogP contribution in [0.4, 0.5) is 11.5 Å². The van der Waals surface area contributed by atoms with Gasteiger partial charge in [-0.3, -0.25) is 14.9 Å². The van der Waals surface area contributed by atoms with Crippen molar-refractivity contribution in [3.63, 3.8) is 0 Å². The van der Waals surface area contributed by atoms with E-state index < -0.39 is 16.5 Å². The van der Waals surface area contributed by atoms with Crippen LogP contribution in [0.2, 0.25) is 0 Å². The van der Waals surface area contributed by atoms with Crippen LogP contribution in [-0.2, 0) is 10.2 Å². The van der Waals surface area contributed by atoms with Gasteiger partial charge < -0.3 is 19.5 Å². The van der Waals surface area contributed by atoms with Crippen LogP contribution in [0.25, 0.3) is 5.95 Å². The van der Waals surface area contributed by atoms with Crippen LogP contribution in [0.3, 0.4) is 0 Å². The molecule has 3 aromatic rings. The summed E-state index contributed by atoms with van der Waals surface area (Å²) in [6, 6.07) is 5.75. The SMILES string of the molecule is COCCOc1cc([N+](=O)[O-])c(C(=O)Nc2cc(C(C)(C)C)nn2-c2ncccn2)cc1OC. The van der Waals surface area contributed by atoms with Crippen molar-refractivity contribution in [1.29, 1.82) is 0 Å². The fraction of sp³-hybridized carbons (Fsp3) is 0.364. The number of amides is 1. The molecule has 2 heterocycles. The molecule has 180 valence electrons. The number of benzene rings is 1. The summed E-state index contributed by atoms with van der Waals surface area (Å²) in [5.41, 5.74) is -0.316. The number of nitrogens with zero attached hydrogens (tertiary/aromatic N) is 5. The highest BCUT2D eigenvalue weighted by Gasteiger charge is 2.27. The van der Waals surface area contributed by atoms with Gasteiger partial charge in [0, 0.05) is 37.1 Å². The molecule has 0 saturated carbocycles. The van der Waals surface area contributed by atoms with E-state index in [-0.39, 0.29) is 47.5 Å². The summed E-state index contributed by atoms with van der Waals surface area (Å²) in [4.78, 5) is 32.7. The zero-order valence-corrected chi connectivity index (χ0v) is 19.6. The van der Waals surface area contributed by atoms with Gasteiger partial charge >= 0.3 is 0 Å². The summed E-state index contributed by atoms with van der Waals surface area (Å²) in [6.07, 6.45) is 3.09. The molecule has 34 heavy (non-hydrogen) atoms. The summed E-state index contributed by atoms with van der Waals surface area (Å²) in [7, 11) is 2.89. The standard InChI is InChI=1S/C22H26N6O6/c1-22(2,3)18-13-19(27(26-18)21-23-7-6-8-24-21)25-20(29)14-11-16(33-5)17(34-10-9-32-4)12-15(14)28(30)31/h6-8,11-13H,9-10H2,1-5H3,(H,25,29). The van der Waals surface area contributed by atoms with Crippen LogP contribution in [0, 0.1) is 10.1 Å². The van der Waals surface area contributed by atoms with E-state index in [1.54, 1.807) is 24.5 Å². The molecule has 1 amide bonds. The largest absolute Gasteiger partial charge is 0.493 e. The molecule has 0 aliphatic carbocycles. The lowest BCUT2D eigenvalue weighted by Crippen LogP contribution is -2.18. The Kier molecular flexibility index (Phi) is 7.41. The first-order valence-corrected chi connectivity index (χ1v) is 10.3. The van der Waals surface area contributed by atoms with Gasteiger partial charge in [0.25, 0.3) is 17.5 Å². The molecule has 0 spiro atoms. The smallest absolute Gasteiger partial charge is 0.286 e. The minimum atomic E-state index is -0.731. The molecule has 12 heteroatoms. The van der Waals surface area contributed by atoms with E-state index in [0.29, 0.717) is 5.69 Å². The van der Waals surface area contributed by atoms with Crippen molar-refractivity contribution in [2.45, 2.75) is 26.2 Å². The van der Waals surface area contributed by atoms with Crippen LogP contribution >= 0.6 is 0 Å². The fourth-order valence-electron chi connectivity index (χ4n) is 2.96. The number of carbonyl (C=O) groups excluding carboxylic acids is 1. The van der Waals surface area contributed by atoms with E-state index >= 15 is 0 Å². The lowest BCUT2D eigenvalue weighted by atomic mass is 9.92. The first kappa shape index (κ1) is 24.6. The number of carbonyl (C=O) groups is 1. The molecule has 1 N–H and O–H groups in total. The van der Waals surface area contributed by atoms with Gasteiger partial charge in [-0.25, -0.2) is 9.97 Å². The molecular weight excluding hydrogens is 444 g/mol. The first-order valence-electron chi connectivity index (χ1n) is 10.3. The van der Waals surface area contributed by atoms with Crippen molar-refractivity contribution in [3.05, 3.63) is 58.0 Å². The lowest BCUT2D eigenvalue weighted by Gasteiger charge is -2.13. The molecule has 0 saturated heterocycles. The Hall–Kier alpha value is -4.06. The quantitative estimate of drug-likeness (QED) is 0.283. The third kappa shape index (κ3) is 5.46. The third-order valence-corrected chi connectivity index (χ3v) is 4.73. The Balaban J connectivity index is 2.02. The van der Waals surface area contributed by atoms with Crippen molar-refractivity contribution in [3.8, 4) is 17.4 Å². The summed E-state index contributed by atoms with van der Waals surface area (Å²) in [5, 5.41) is 19.0. The lowest BCUT2D eigenvalue weighted by molar-refractivity contribution is -0.385. The van der Waals surface area contributed by atoms with E-state index in [0.717, 1.165) is 6.07 Å². The summed E-state index contributed by atoms with van der Waals surface area (Å²) >= 11 is 0. The van der Waals surface area contributed by atoms with Gasteiger partial charge in [-0.1, -0.05) is 20.8 Å². The normalized spacial score (nSPS) is 11.2. The minimum Gasteiger partial charge on any atom is -0.493 e. The van der Waals surface area contributed by atoms with E-state index in [2.05, 4.69) is 20.4 Å². The molecule has 0 aliphatic rings. The fourth-order valence-corrected chi connectivity index (χ4v) is 2.96. The molecule has 12 nitrogen and oxygen atoms in total. The van der Waals surface area contributed by atoms with Gasteiger partial charge in [0.15, 0.2) is 11.5 Å². The summed E-state index contributed by atoms with van der Waals surface area (Å²) in [6.45, 7) is 6.33. The zero-order chi connectivity index (χ0) is 24.9. The summed E-state index contributed by atoms with van der Waals surface area (Å²) in [5.74, 6) is 0.0609. The van der Waals surface area contributed by atoms with Gasteiger partial charge in [0.1, 0.15) is 18.0 Å². The predicted octanol–water partition coefficient (Wildman–Crippen LogP) is 3.15. The maximum Gasteiger partial charge on any atom is 0.286 e. The topological polar surface area (TPSA) is 144 Å². The van der Waals surface area contributed by atoms with E-state index in [4.69, 9.17) is 14.2 Å². The van der Waals surface area contributed by atoms with Gasteiger partial charge in [-0.2, -0.15) is 9.78 Å². The number of hydrogen-bond donors (Lipinski definition) is 1. The molecule has 2 aromatic heterocycles. The number of nitrogens with one attached hydrogen (secondary N) is 1. The van der Waals surface area contributed by atoms with Crippen LogP contribution in [0.1, 0.15) is 36.8 Å². The van der Waals surface area contributed by atoms with E-state index in [9.17, 15) is 14.9 Å². The van der Waals surface area contributed by atoms with Gasteiger partial charge in [0.2, 0.25) is 0 Å². The highest BCUT2D eigenvalue weighted by molar-refractivity contribution is 6.07. The Labute approximate surface area is 196 Å². The predicted molar refractivity (Wildman–Crippen MR) is 123 cm³/mol. The number of hydrogen-bond acceptors (Lipinski definition) is 9. The average molecular weight is 470 g/mol. The molecule has 0 fully saturated rings. The monoisotopic (exact) mass is 470 g/mol. The molecule has 0 aliphatic heterocycles. The highest BCUT2D eigenvalue weighted by Crippen LogP contribution is 2.35. The third-order valence-electron chi connectivity index (χ3n) is 4.73. The Morgan fingerprint density at radius 2 is 1.82 bits per heavy atom. The Morgan fingerprint density at radius 1 is 1.12 bits per heavy atom. The maximum absolute atomic E-state index is 13.2. The van der Waals surface area contributed by atoms with E-state index in [1.165, 1.54) is 25.0 Å². The van der Waals surface area contributed by atoms with Crippen LogP contribution in [0.15, 0.2) is 36.7 Å². The number of nitro groups is 1. The molecule has 1 aromatic carbocycles. The van der Waals surface area contributed by atoms with Crippen LogP contribution in [0.5, 0.6) is 11.5 Å². The van der Waals surface area contributed by atoms with Gasteiger partial charge in [-0.15, -0.1) is 0 Å². The van der Waals surface area contributed by atoms with Crippen molar-refractivity contribution in [1.82, 2.24) is 19.7 Å². The molecule has 0 radical (unpaired) electrons. The number of aromatic nitrogens is 4. The Bertz CT molecular complexity index is 1170. The maximum atomic E-state index is 13.2. The second-order valence-electron chi connectivity index (χ2n) is 8.20. The second-order valence-corrected chi connectivity index (χ2v) is 8.20. The number of nitro benzene ring substituents is 1. The average Bonchev–Trinajstić information content (AvgIpc) is 3.23. The van der Waals surface area contributed by atoms with Gasteiger partial charge in [-0.05, 0) is 6.07 Å². The molecule has 0 atom stereocenters. The van der Waals surface area contributed by atoms with Crippen LogP contribution < -0.4 is 14.8 Å². The van der Waals surface area contributed by atoms with Crippen molar-refractivity contribution >= 4 is 17.4 Å².